The van der Waals surface area contributed by atoms with E-state index < -0.39 is 0 Å². The molecule has 0 saturated carbocycles. The summed E-state index contributed by atoms with van der Waals surface area (Å²) >= 11 is 1.83. The van der Waals surface area contributed by atoms with Gasteiger partial charge in [-0.3, -0.25) is 10.1 Å². The summed E-state index contributed by atoms with van der Waals surface area (Å²) in [5.41, 5.74) is 1.02. The van der Waals surface area contributed by atoms with Crippen LogP contribution in [-0.2, 0) is 6.42 Å². The molecule has 5 heteroatoms. The predicted octanol–water partition coefficient (Wildman–Crippen LogP) is 2.48. The first-order chi connectivity index (χ1) is 8.25. The molecule has 0 aromatic heterocycles. The van der Waals surface area contributed by atoms with E-state index >= 15 is 0 Å². The molecule has 0 saturated heterocycles. The number of hydrogen-bond acceptors (Lipinski definition) is 4. The Kier molecular flexibility index (Phi) is 6.65. The van der Waals surface area contributed by atoms with Gasteiger partial charge >= 0.3 is 0 Å². The largest absolute Gasteiger partial charge is 0.316 e. The molecular formula is C12H18N2O2S. The molecule has 0 atom stereocenters. The van der Waals surface area contributed by atoms with Gasteiger partial charge in [-0.25, -0.2) is 0 Å². The number of benzene rings is 1. The molecule has 94 valence electrons. The Labute approximate surface area is 106 Å². The highest BCUT2D eigenvalue weighted by molar-refractivity contribution is 7.98. The number of thioether (sulfide) groups is 1. The maximum absolute atomic E-state index is 10.8. The van der Waals surface area contributed by atoms with Crippen LogP contribution in [0.25, 0.3) is 0 Å². The van der Waals surface area contributed by atoms with Gasteiger partial charge in [0.05, 0.1) is 4.92 Å². The van der Waals surface area contributed by atoms with Gasteiger partial charge in [0, 0.05) is 11.6 Å². The molecule has 0 aliphatic rings. The Morgan fingerprint density at radius 3 is 2.82 bits per heavy atom. The summed E-state index contributed by atoms with van der Waals surface area (Å²) in [7, 11) is 0. The monoisotopic (exact) mass is 254 g/mol. The molecule has 0 fully saturated rings. The van der Waals surface area contributed by atoms with Crippen LogP contribution < -0.4 is 5.32 Å². The Morgan fingerprint density at radius 2 is 2.12 bits per heavy atom. The van der Waals surface area contributed by atoms with Gasteiger partial charge in [-0.05, 0) is 37.9 Å². The molecule has 4 nitrogen and oxygen atoms in total. The lowest BCUT2D eigenvalue weighted by Crippen LogP contribution is -2.19. The molecule has 1 aromatic rings. The third-order valence-corrected chi connectivity index (χ3v) is 3.16. The first kappa shape index (κ1) is 14.0. The Hall–Kier alpha value is -1.07. The Balaban J connectivity index is 2.34. The molecule has 17 heavy (non-hydrogen) atoms. The van der Waals surface area contributed by atoms with E-state index in [0.29, 0.717) is 6.42 Å². The zero-order chi connectivity index (χ0) is 12.5. The van der Waals surface area contributed by atoms with E-state index in [1.807, 2.05) is 23.9 Å². The molecule has 0 radical (unpaired) electrons. The maximum atomic E-state index is 10.8. The molecule has 0 spiro atoms. The van der Waals surface area contributed by atoms with Crippen LogP contribution in [0.3, 0.4) is 0 Å². The van der Waals surface area contributed by atoms with Crippen molar-refractivity contribution in [3.63, 3.8) is 0 Å². The third-order valence-electron chi connectivity index (χ3n) is 2.46. The molecule has 1 aromatic carbocycles. The van der Waals surface area contributed by atoms with E-state index in [1.165, 1.54) is 0 Å². The first-order valence-corrected chi connectivity index (χ1v) is 7.07. The normalized spacial score (nSPS) is 10.4. The highest BCUT2D eigenvalue weighted by atomic mass is 32.2. The number of nitro benzene ring substituents is 1. The van der Waals surface area contributed by atoms with Crippen molar-refractivity contribution in [2.75, 3.05) is 25.1 Å². The van der Waals surface area contributed by atoms with Crippen LogP contribution in [0.1, 0.15) is 12.0 Å². The van der Waals surface area contributed by atoms with Gasteiger partial charge in [0.15, 0.2) is 0 Å². The van der Waals surface area contributed by atoms with Crippen molar-refractivity contribution >= 4 is 17.4 Å². The van der Waals surface area contributed by atoms with Crippen molar-refractivity contribution in [3.05, 3.63) is 39.9 Å². The van der Waals surface area contributed by atoms with Gasteiger partial charge < -0.3 is 5.32 Å². The second kappa shape index (κ2) is 8.08. The fourth-order valence-corrected chi connectivity index (χ4v) is 2.02. The van der Waals surface area contributed by atoms with E-state index in [9.17, 15) is 10.1 Å². The van der Waals surface area contributed by atoms with Gasteiger partial charge in [0.25, 0.3) is 5.69 Å². The minimum Gasteiger partial charge on any atom is -0.316 e. The van der Waals surface area contributed by atoms with E-state index in [1.54, 1.807) is 12.1 Å². The molecule has 0 aliphatic carbocycles. The molecule has 0 heterocycles. The quantitative estimate of drug-likeness (QED) is 0.440. The SMILES string of the molecule is CSCCCNCCc1ccccc1[N+](=O)[O-]. The number of hydrogen-bond donors (Lipinski definition) is 1. The predicted molar refractivity (Wildman–Crippen MR) is 72.7 cm³/mol. The average molecular weight is 254 g/mol. The van der Waals surface area contributed by atoms with Crippen molar-refractivity contribution in [1.82, 2.24) is 5.32 Å². The second-order valence-electron chi connectivity index (χ2n) is 3.73. The van der Waals surface area contributed by atoms with E-state index in [0.717, 1.165) is 30.8 Å². The zero-order valence-electron chi connectivity index (χ0n) is 10.0. The molecule has 0 aliphatic heterocycles. The summed E-state index contributed by atoms with van der Waals surface area (Å²) in [4.78, 5) is 10.5. The van der Waals surface area contributed by atoms with Gasteiger partial charge in [-0.2, -0.15) is 11.8 Å². The summed E-state index contributed by atoms with van der Waals surface area (Å²) in [5, 5.41) is 14.1. The van der Waals surface area contributed by atoms with Crippen LogP contribution >= 0.6 is 11.8 Å². The molecule has 1 N–H and O–H groups in total. The van der Waals surface area contributed by atoms with E-state index in [2.05, 4.69) is 11.6 Å². The van der Waals surface area contributed by atoms with Crippen LogP contribution in [0, 0.1) is 10.1 Å². The fourth-order valence-electron chi connectivity index (χ4n) is 1.59. The lowest BCUT2D eigenvalue weighted by Gasteiger charge is -2.04. The summed E-state index contributed by atoms with van der Waals surface area (Å²) in [5.74, 6) is 1.15. The molecule has 0 unspecified atom stereocenters. The molecular weight excluding hydrogens is 236 g/mol. The number of nitro groups is 1. The van der Waals surface area contributed by atoms with Gasteiger partial charge in [0.1, 0.15) is 0 Å². The maximum Gasteiger partial charge on any atom is 0.272 e. The van der Waals surface area contributed by atoms with Crippen molar-refractivity contribution in [3.8, 4) is 0 Å². The smallest absolute Gasteiger partial charge is 0.272 e. The number of nitrogens with one attached hydrogen (secondary N) is 1. The Morgan fingerprint density at radius 1 is 1.35 bits per heavy atom. The minimum atomic E-state index is -0.316. The lowest BCUT2D eigenvalue weighted by atomic mass is 10.1. The van der Waals surface area contributed by atoms with Crippen LogP contribution in [0.2, 0.25) is 0 Å². The van der Waals surface area contributed by atoms with Crippen molar-refractivity contribution < 1.29 is 4.92 Å². The van der Waals surface area contributed by atoms with E-state index in [4.69, 9.17) is 0 Å². The summed E-state index contributed by atoms with van der Waals surface area (Å²) in [6, 6.07) is 6.92. The standard InChI is InChI=1S/C12H18N2O2S/c1-17-10-4-8-13-9-7-11-5-2-3-6-12(11)14(15)16/h2-3,5-6,13H,4,7-10H2,1H3. The van der Waals surface area contributed by atoms with Crippen LogP contribution in [-0.4, -0.2) is 30.0 Å². The number of nitrogens with zero attached hydrogens (tertiary/aromatic N) is 1. The van der Waals surface area contributed by atoms with Crippen LogP contribution in [0.5, 0.6) is 0 Å². The summed E-state index contributed by atoms with van der Waals surface area (Å²) in [6.07, 6.45) is 3.93. The molecule has 0 bridgehead atoms. The first-order valence-electron chi connectivity index (χ1n) is 5.67. The molecule has 1 rings (SSSR count). The average Bonchev–Trinajstić information content (AvgIpc) is 2.34. The van der Waals surface area contributed by atoms with Crippen LogP contribution in [0.15, 0.2) is 24.3 Å². The molecule has 0 amide bonds. The number of para-hydroxylation sites is 1. The van der Waals surface area contributed by atoms with Gasteiger partial charge in [-0.1, -0.05) is 18.2 Å². The second-order valence-corrected chi connectivity index (χ2v) is 4.72. The third kappa shape index (κ3) is 5.19. The summed E-state index contributed by atoms with van der Waals surface area (Å²) in [6.45, 7) is 1.76. The van der Waals surface area contributed by atoms with E-state index in [-0.39, 0.29) is 10.6 Å². The van der Waals surface area contributed by atoms with Crippen molar-refractivity contribution in [2.24, 2.45) is 0 Å². The van der Waals surface area contributed by atoms with Crippen LogP contribution in [0.4, 0.5) is 5.69 Å². The zero-order valence-corrected chi connectivity index (χ0v) is 10.8. The minimum absolute atomic E-state index is 0.221. The van der Waals surface area contributed by atoms with Crippen molar-refractivity contribution in [2.45, 2.75) is 12.8 Å². The highest BCUT2D eigenvalue weighted by Crippen LogP contribution is 2.17. The summed E-state index contributed by atoms with van der Waals surface area (Å²) < 4.78 is 0. The van der Waals surface area contributed by atoms with Crippen molar-refractivity contribution in [1.29, 1.82) is 0 Å². The highest BCUT2D eigenvalue weighted by Gasteiger charge is 2.10. The lowest BCUT2D eigenvalue weighted by molar-refractivity contribution is -0.385. The Bertz CT molecular complexity index is 358. The fraction of sp³-hybridized carbons (Fsp3) is 0.500. The van der Waals surface area contributed by atoms with Gasteiger partial charge in [-0.15, -0.1) is 0 Å². The topological polar surface area (TPSA) is 55.2 Å². The van der Waals surface area contributed by atoms with Gasteiger partial charge in [0.2, 0.25) is 0 Å². The number of rotatable bonds is 8.